The van der Waals surface area contributed by atoms with Crippen LogP contribution in [0.4, 0.5) is 0 Å². The van der Waals surface area contributed by atoms with Crippen molar-refractivity contribution in [3.05, 3.63) is 156 Å². The highest BCUT2D eigenvalue weighted by molar-refractivity contribution is 5.93. The first-order chi connectivity index (χ1) is 22.5. The monoisotopic (exact) mass is 595 g/mol. The number of rotatable bonds is 5. The quantitative estimate of drug-likeness (QED) is 0.198. The summed E-state index contributed by atoms with van der Waals surface area (Å²) in [7, 11) is 0. The number of hydrogen-bond acceptors (Lipinski definition) is 2. The smallest absolute Gasteiger partial charge is 0.235 e. The first kappa shape index (κ1) is 28.2. The average molecular weight is 596 g/mol. The zero-order valence-electron chi connectivity index (χ0n) is 26.6. The molecule has 6 aromatic rings. The number of allylic oxidation sites excluding steroid dienone is 5. The molecular formula is C43H37N3. The van der Waals surface area contributed by atoms with Gasteiger partial charge in [-0.1, -0.05) is 141 Å². The number of benzene rings is 4. The minimum absolute atomic E-state index is 0.313. The highest BCUT2D eigenvalue weighted by Gasteiger charge is 2.26. The van der Waals surface area contributed by atoms with Crippen molar-refractivity contribution in [1.82, 2.24) is 14.5 Å². The maximum absolute atomic E-state index is 5.45. The van der Waals surface area contributed by atoms with Gasteiger partial charge in [0.15, 0.2) is 0 Å². The van der Waals surface area contributed by atoms with Crippen molar-refractivity contribution in [1.29, 1.82) is 0 Å². The second kappa shape index (κ2) is 11.6. The van der Waals surface area contributed by atoms with E-state index in [2.05, 4.69) is 159 Å². The molecule has 3 nitrogen and oxygen atoms in total. The van der Waals surface area contributed by atoms with E-state index in [4.69, 9.17) is 9.97 Å². The van der Waals surface area contributed by atoms with Gasteiger partial charge in [-0.25, -0.2) is 9.97 Å². The average Bonchev–Trinajstić information content (AvgIpc) is 3.43. The molecule has 0 radical (unpaired) electrons. The van der Waals surface area contributed by atoms with Crippen molar-refractivity contribution in [3.8, 4) is 28.3 Å². The molecule has 8 rings (SSSR count). The Labute approximate surface area is 271 Å². The van der Waals surface area contributed by atoms with Crippen LogP contribution in [0, 0.1) is 18.8 Å². The summed E-state index contributed by atoms with van der Waals surface area (Å²) in [5.74, 6) is 1.51. The van der Waals surface area contributed by atoms with E-state index in [9.17, 15) is 0 Å². The molecule has 0 aliphatic heterocycles. The van der Waals surface area contributed by atoms with E-state index in [1.165, 1.54) is 44.5 Å². The van der Waals surface area contributed by atoms with Crippen LogP contribution in [0.1, 0.15) is 48.3 Å². The Morgan fingerprint density at radius 2 is 1.26 bits per heavy atom. The predicted molar refractivity (Wildman–Crippen MR) is 193 cm³/mol. The van der Waals surface area contributed by atoms with Crippen LogP contribution in [0.3, 0.4) is 0 Å². The number of aromatic nitrogens is 3. The molecule has 2 unspecified atom stereocenters. The summed E-state index contributed by atoms with van der Waals surface area (Å²) in [6.07, 6.45) is 11.1. The van der Waals surface area contributed by atoms with Crippen LogP contribution in [0.2, 0.25) is 0 Å². The SMILES string of the molecule is Cc1c(C2=CC=C(c3ccccc3)CC2C)nc(-n2c3c(c4ccccc42)C=CC(C)C3)nc1-c1ccc(-c2ccccc2)cc1. The van der Waals surface area contributed by atoms with Crippen molar-refractivity contribution in [2.75, 3.05) is 0 Å². The topological polar surface area (TPSA) is 30.7 Å². The van der Waals surface area contributed by atoms with Crippen molar-refractivity contribution < 1.29 is 0 Å². The van der Waals surface area contributed by atoms with E-state index in [-0.39, 0.29) is 0 Å². The molecule has 46 heavy (non-hydrogen) atoms. The molecule has 2 aromatic heterocycles. The zero-order chi connectivity index (χ0) is 31.2. The Balaban J connectivity index is 1.33. The fraction of sp³-hybridized carbons (Fsp3) is 0.163. The van der Waals surface area contributed by atoms with Crippen LogP contribution >= 0.6 is 0 Å². The highest BCUT2D eigenvalue weighted by Crippen LogP contribution is 2.40. The lowest BCUT2D eigenvalue weighted by Gasteiger charge is -2.25. The molecule has 0 N–H and O–H groups in total. The van der Waals surface area contributed by atoms with Gasteiger partial charge in [0.05, 0.1) is 16.9 Å². The summed E-state index contributed by atoms with van der Waals surface area (Å²) < 4.78 is 2.33. The number of hydrogen-bond donors (Lipinski definition) is 0. The molecule has 4 aromatic carbocycles. The Morgan fingerprint density at radius 3 is 2.00 bits per heavy atom. The van der Waals surface area contributed by atoms with Gasteiger partial charge in [-0.05, 0) is 65.5 Å². The third-order valence-electron chi connectivity index (χ3n) is 9.66. The molecule has 3 heteroatoms. The van der Waals surface area contributed by atoms with E-state index < -0.39 is 0 Å². The van der Waals surface area contributed by atoms with Gasteiger partial charge < -0.3 is 0 Å². The van der Waals surface area contributed by atoms with Crippen LogP contribution in [0.15, 0.2) is 127 Å². The molecule has 224 valence electrons. The summed E-state index contributed by atoms with van der Waals surface area (Å²) in [6, 6.07) is 38.8. The Hall–Kier alpha value is -5.28. The summed E-state index contributed by atoms with van der Waals surface area (Å²) in [4.78, 5) is 10.9. The molecule has 0 fully saturated rings. The summed E-state index contributed by atoms with van der Waals surface area (Å²) in [6.45, 7) is 6.81. The van der Waals surface area contributed by atoms with Gasteiger partial charge >= 0.3 is 0 Å². The Bertz CT molecular complexity index is 2160. The zero-order valence-corrected chi connectivity index (χ0v) is 26.6. The lowest BCUT2D eigenvalue weighted by molar-refractivity contribution is 0.683. The van der Waals surface area contributed by atoms with E-state index >= 15 is 0 Å². The van der Waals surface area contributed by atoms with Crippen LogP contribution in [-0.2, 0) is 6.42 Å². The van der Waals surface area contributed by atoms with Crippen LogP contribution in [0.5, 0.6) is 0 Å². The molecular weight excluding hydrogens is 558 g/mol. The third kappa shape index (κ3) is 4.93. The third-order valence-corrected chi connectivity index (χ3v) is 9.66. The van der Waals surface area contributed by atoms with E-state index in [1.807, 2.05) is 0 Å². The lowest BCUT2D eigenvalue weighted by Crippen LogP contribution is -2.15. The molecule has 2 heterocycles. The second-order valence-electron chi connectivity index (χ2n) is 12.8. The van der Waals surface area contributed by atoms with Crippen molar-refractivity contribution in [2.45, 2.75) is 33.6 Å². The van der Waals surface area contributed by atoms with Crippen LogP contribution in [-0.4, -0.2) is 14.5 Å². The van der Waals surface area contributed by atoms with E-state index in [0.29, 0.717) is 11.8 Å². The molecule has 2 aliphatic rings. The lowest BCUT2D eigenvalue weighted by atomic mass is 9.83. The van der Waals surface area contributed by atoms with Crippen molar-refractivity contribution >= 4 is 28.1 Å². The first-order valence-electron chi connectivity index (χ1n) is 16.4. The Kier molecular flexibility index (Phi) is 7.10. The molecule has 0 saturated carbocycles. The van der Waals surface area contributed by atoms with Crippen LogP contribution in [0.25, 0.3) is 56.5 Å². The van der Waals surface area contributed by atoms with Crippen molar-refractivity contribution in [3.63, 3.8) is 0 Å². The highest BCUT2D eigenvalue weighted by atomic mass is 15.2. The fourth-order valence-corrected chi connectivity index (χ4v) is 7.23. The summed E-state index contributed by atoms with van der Waals surface area (Å²) in [5.41, 5.74) is 14.3. The maximum Gasteiger partial charge on any atom is 0.235 e. The van der Waals surface area contributed by atoms with Gasteiger partial charge in [-0.15, -0.1) is 0 Å². The minimum Gasteiger partial charge on any atom is -0.282 e. The standard InChI is InChI=1S/C43H37N3/c1-28-18-24-38-37-16-10-11-17-39(37)46(40(38)26-28)43-44-41(34-21-19-33(20-22-34)31-12-6-4-7-13-31)30(3)42(45-43)36-25-23-35(27-29(36)2)32-14-8-5-9-15-32/h4-25,28-29H,26-27H2,1-3H3. The number of nitrogens with zero attached hydrogens (tertiary/aromatic N) is 3. The van der Waals surface area contributed by atoms with Gasteiger partial charge in [0.25, 0.3) is 0 Å². The van der Waals surface area contributed by atoms with Gasteiger partial charge in [0.2, 0.25) is 5.95 Å². The van der Waals surface area contributed by atoms with Gasteiger partial charge in [-0.2, -0.15) is 0 Å². The molecule has 0 amide bonds. The molecule has 0 spiro atoms. The van der Waals surface area contributed by atoms with Gasteiger partial charge in [0.1, 0.15) is 0 Å². The molecule has 2 aliphatic carbocycles. The van der Waals surface area contributed by atoms with Gasteiger partial charge in [0, 0.05) is 27.8 Å². The van der Waals surface area contributed by atoms with Crippen molar-refractivity contribution in [2.24, 2.45) is 11.8 Å². The minimum atomic E-state index is 0.313. The number of fused-ring (bicyclic) bond motifs is 3. The predicted octanol–water partition coefficient (Wildman–Crippen LogP) is 10.8. The Morgan fingerprint density at radius 1 is 0.630 bits per heavy atom. The molecule has 2 atom stereocenters. The summed E-state index contributed by atoms with van der Waals surface area (Å²) in [5, 5.41) is 1.25. The largest absolute Gasteiger partial charge is 0.282 e. The summed E-state index contributed by atoms with van der Waals surface area (Å²) >= 11 is 0. The second-order valence-corrected chi connectivity index (χ2v) is 12.8. The molecule has 0 bridgehead atoms. The number of para-hydroxylation sites is 1. The van der Waals surface area contributed by atoms with E-state index in [0.717, 1.165) is 46.8 Å². The molecule has 0 saturated heterocycles. The van der Waals surface area contributed by atoms with Gasteiger partial charge in [-0.3, -0.25) is 4.57 Å². The fourth-order valence-electron chi connectivity index (χ4n) is 7.23. The van der Waals surface area contributed by atoms with E-state index in [1.54, 1.807) is 0 Å². The first-order valence-corrected chi connectivity index (χ1v) is 16.4. The normalized spacial score (nSPS) is 17.5. The maximum atomic E-state index is 5.45. The van der Waals surface area contributed by atoms with Crippen LogP contribution < -0.4 is 0 Å².